The Hall–Kier alpha value is -1.93. The van der Waals surface area contributed by atoms with Gasteiger partial charge in [-0.15, -0.1) is 0 Å². The van der Waals surface area contributed by atoms with Gasteiger partial charge in [-0.25, -0.2) is 10.0 Å². The molecule has 1 amide bonds. The maximum atomic E-state index is 12.3. The number of fused-ring (bicyclic) bond motifs is 1. The van der Waals surface area contributed by atoms with E-state index in [-0.39, 0.29) is 5.91 Å². The van der Waals surface area contributed by atoms with Gasteiger partial charge in [-0.05, 0) is 46.9 Å². The molecule has 5 nitrogen and oxygen atoms in total. The van der Waals surface area contributed by atoms with Crippen molar-refractivity contribution in [2.24, 2.45) is 0 Å². The van der Waals surface area contributed by atoms with Crippen LogP contribution in [0.2, 0.25) is 0 Å². The molecule has 118 valence electrons. The smallest absolute Gasteiger partial charge is 0.293 e. The first kappa shape index (κ1) is 15.9. The van der Waals surface area contributed by atoms with E-state index in [4.69, 9.17) is 4.84 Å². The maximum Gasteiger partial charge on any atom is 0.293 e. The van der Waals surface area contributed by atoms with Gasteiger partial charge >= 0.3 is 0 Å². The van der Waals surface area contributed by atoms with Crippen LogP contribution in [0.1, 0.15) is 16.1 Å². The molecule has 3 aromatic rings. The third-order valence-corrected chi connectivity index (χ3v) is 4.63. The molecule has 3 rings (SSSR count). The molecule has 2 aromatic heterocycles. The van der Waals surface area contributed by atoms with Gasteiger partial charge in [0.1, 0.15) is 9.39 Å². The van der Waals surface area contributed by atoms with Crippen LogP contribution in [0.4, 0.5) is 0 Å². The fourth-order valence-electron chi connectivity index (χ4n) is 2.42. The second-order valence-electron chi connectivity index (χ2n) is 5.14. The number of hydrogen-bond acceptors (Lipinski definition) is 3. The van der Waals surface area contributed by atoms with Crippen LogP contribution in [-0.4, -0.2) is 34.7 Å². The molecule has 0 atom stereocenters. The maximum absolute atomic E-state index is 12.3. The van der Waals surface area contributed by atoms with Crippen LogP contribution < -0.4 is 0 Å². The molecule has 0 saturated carbocycles. The summed E-state index contributed by atoms with van der Waals surface area (Å²) in [4.78, 5) is 21.9. The summed E-state index contributed by atoms with van der Waals surface area (Å²) >= 11 is 2.24. The Labute approximate surface area is 148 Å². The van der Waals surface area contributed by atoms with Gasteiger partial charge in [0, 0.05) is 24.2 Å². The van der Waals surface area contributed by atoms with Crippen LogP contribution in [0.15, 0.2) is 48.7 Å². The van der Waals surface area contributed by atoms with Crippen LogP contribution >= 0.6 is 22.6 Å². The molecule has 0 aliphatic carbocycles. The van der Waals surface area contributed by atoms with Crippen LogP contribution in [-0.2, 0) is 11.4 Å². The molecule has 0 saturated heterocycles. The lowest BCUT2D eigenvalue weighted by Crippen LogP contribution is -2.27. The first-order chi connectivity index (χ1) is 11.1. The summed E-state index contributed by atoms with van der Waals surface area (Å²) in [5.41, 5.74) is 2.64. The largest absolute Gasteiger partial charge is 0.339 e. The highest BCUT2D eigenvalue weighted by Gasteiger charge is 2.16. The monoisotopic (exact) mass is 421 g/mol. The molecule has 0 aliphatic rings. The summed E-state index contributed by atoms with van der Waals surface area (Å²) in [6, 6.07) is 13.8. The van der Waals surface area contributed by atoms with Crippen molar-refractivity contribution in [2.45, 2.75) is 6.54 Å². The van der Waals surface area contributed by atoms with E-state index in [1.165, 1.54) is 12.2 Å². The van der Waals surface area contributed by atoms with Crippen LogP contribution in [0.3, 0.4) is 0 Å². The van der Waals surface area contributed by atoms with E-state index in [2.05, 4.69) is 33.6 Å². The van der Waals surface area contributed by atoms with Crippen molar-refractivity contribution >= 4 is 39.4 Å². The third kappa shape index (κ3) is 3.23. The number of pyridine rings is 1. The number of carbonyl (C=O) groups excluding carboxylic acids is 1. The summed E-state index contributed by atoms with van der Waals surface area (Å²) in [5, 5.41) is 2.31. The van der Waals surface area contributed by atoms with E-state index < -0.39 is 0 Å². The summed E-state index contributed by atoms with van der Waals surface area (Å²) in [5.74, 6) is -0.179. The Kier molecular flexibility index (Phi) is 4.63. The first-order valence-corrected chi connectivity index (χ1v) is 8.19. The second kappa shape index (κ2) is 6.67. The Balaban J connectivity index is 1.96. The quantitative estimate of drug-likeness (QED) is 0.369. The van der Waals surface area contributed by atoms with E-state index in [0.29, 0.717) is 12.2 Å². The number of rotatable bonds is 4. The Morgan fingerprint density at radius 2 is 2.09 bits per heavy atom. The summed E-state index contributed by atoms with van der Waals surface area (Å²) < 4.78 is 2.85. The SMILES string of the molecule is CON(C)C(=O)c1cccn1Cc1cc2ccccc2nc1I. The van der Waals surface area contributed by atoms with E-state index in [1.807, 2.05) is 41.1 Å². The lowest BCUT2D eigenvalue weighted by atomic mass is 10.1. The van der Waals surface area contributed by atoms with Crippen molar-refractivity contribution in [1.82, 2.24) is 14.6 Å². The van der Waals surface area contributed by atoms with Gasteiger partial charge in [-0.3, -0.25) is 9.63 Å². The highest BCUT2D eigenvalue weighted by Crippen LogP contribution is 2.20. The zero-order valence-corrected chi connectivity index (χ0v) is 15.0. The average molecular weight is 421 g/mol. The van der Waals surface area contributed by atoms with Gasteiger partial charge in [0.05, 0.1) is 19.2 Å². The van der Waals surface area contributed by atoms with E-state index >= 15 is 0 Å². The average Bonchev–Trinajstić information content (AvgIpc) is 3.02. The molecule has 0 radical (unpaired) electrons. The van der Waals surface area contributed by atoms with Gasteiger partial charge in [0.25, 0.3) is 5.91 Å². The molecule has 23 heavy (non-hydrogen) atoms. The number of hydroxylamine groups is 2. The number of benzene rings is 1. The van der Waals surface area contributed by atoms with Crippen LogP contribution in [0.25, 0.3) is 10.9 Å². The Morgan fingerprint density at radius 1 is 1.30 bits per heavy atom. The predicted octanol–water partition coefficient (Wildman–Crippen LogP) is 3.32. The zero-order valence-electron chi connectivity index (χ0n) is 12.9. The molecule has 0 unspecified atom stereocenters. The number of hydrogen-bond donors (Lipinski definition) is 0. The molecule has 0 N–H and O–H groups in total. The van der Waals surface area contributed by atoms with E-state index in [1.54, 1.807) is 13.1 Å². The standard InChI is InChI=1S/C17H16IN3O2/c1-20(23-2)17(22)15-8-5-9-21(15)11-13-10-12-6-3-4-7-14(12)19-16(13)18/h3-10H,11H2,1-2H3. The van der Waals surface area contributed by atoms with E-state index in [0.717, 1.165) is 20.2 Å². The van der Waals surface area contributed by atoms with Crippen molar-refractivity contribution in [2.75, 3.05) is 14.2 Å². The number of para-hydroxylation sites is 1. The fraction of sp³-hybridized carbons (Fsp3) is 0.176. The van der Waals surface area contributed by atoms with Crippen LogP contribution in [0, 0.1) is 3.70 Å². The molecule has 0 spiro atoms. The number of aromatic nitrogens is 2. The lowest BCUT2D eigenvalue weighted by Gasteiger charge is -2.16. The topological polar surface area (TPSA) is 47.4 Å². The van der Waals surface area contributed by atoms with Crippen LogP contribution in [0.5, 0.6) is 0 Å². The predicted molar refractivity (Wildman–Crippen MR) is 97.1 cm³/mol. The van der Waals surface area contributed by atoms with Gasteiger partial charge in [-0.1, -0.05) is 18.2 Å². The van der Waals surface area contributed by atoms with E-state index in [9.17, 15) is 4.79 Å². The zero-order chi connectivity index (χ0) is 16.4. The van der Waals surface area contributed by atoms with Crippen molar-refractivity contribution in [1.29, 1.82) is 0 Å². The minimum atomic E-state index is -0.179. The molecule has 1 aromatic carbocycles. The summed E-state index contributed by atoms with van der Waals surface area (Å²) in [6.07, 6.45) is 1.89. The minimum absolute atomic E-state index is 0.179. The Bertz CT molecular complexity index is 860. The molecular weight excluding hydrogens is 405 g/mol. The third-order valence-electron chi connectivity index (χ3n) is 3.70. The first-order valence-electron chi connectivity index (χ1n) is 7.11. The summed E-state index contributed by atoms with van der Waals surface area (Å²) in [7, 11) is 3.07. The highest BCUT2D eigenvalue weighted by molar-refractivity contribution is 14.1. The van der Waals surface area contributed by atoms with Gasteiger partial charge < -0.3 is 4.57 Å². The number of halogens is 1. The van der Waals surface area contributed by atoms with Crippen molar-refractivity contribution < 1.29 is 9.63 Å². The van der Waals surface area contributed by atoms with Crippen molar-refractivity contribution in [3.63, 3.8) is 0 Å². The second-order valence-corrected chi connectivity index (χ2v) is 6.16. The molecule has 0 fully saturated rings. The molecule has 2 heterocycles. The normalized spacial score (nSPS) is 10.9. The van der Waals surface area contributed by atoms with Crippen molar-refractivity contribution in [3.05, 3.63) is 63.6 Å². The molecule has 0 bridgehead atoms. The number of carbonyl (C=O) groups is 1. The lowest BCUT2D eigenvalue weighted by molar-refractivity contribution is -0.0762. The number of nitrogens with zero attached hydrogens (tertiary/aromatic N) is 3. The molecule has 6 heteroatoms. The number of amides is 1. The molecular formula is C17H16IN3O2. The Morgan fingerprint density at radius 3 is 2.87 bits per heavy atom. The highest BCUT2D eigenvalue weighted by atomic mass is 127. The van der Waals surface area contributed by atoms with Gasteiger partial charge in [0.15, 0.2) is 0 Å². The minimum Gasteiger partial charge on any atom is -0.339 e. The fourth-order valence-corrected chi connectivity index (χ4v) is 3.01. The summed E-state index contributed by atoms with van der Waals surface area (Å²) in [6.45, 7) is 0.585. The molecule has 0 aliphatic heterocycles. The van der Waals surface area contributed by atoms with Crippen molar-refractivity contribution in [3.8, 4) is 0 Å². The van der Waals surface area contributed by atoms with Gasteiger partial charge in [-0.2, -0.15) is 0 Å². The van der Waals surface area contributed by atoms with Gasteiger partial charge in [0.2, 0.25) is 0 Å².